The zero-order valence-electron chi connectivity index (χ0n) is 9.41. The van der Waals surface area contributed by atoms with Crippen molar-refractivity contribution < 1.29 is 0 Å². The quantitative estimate of drug-likeness (QED) is 0.737. The lowest BCUT2D eigenvalue weighted by Gasteiger charge is -1.96. The Bertz CT molecular complexity index is 660. The Kier molecular flexibility index (Phi) is 3.44. The number of hydrogen-bond donors (Lipinski definition) is 0. The molecule has 0 amide bonds. The van der Waals surface area contributed by atoms with E-state index in [2.05, 4.69) is 10.2 Å². The van der Waals surface area contributed by atoms with Crippen LogP contribution in [0.1, 0.15) is 11.1 Å². The fraction of sp³-hybridized carbons (Fsp3) is 0. The number of hydrogen-bond acceptors (Lipinski definition) is 4. The van der Waals surface area contributed by atoms with Crippen LogP contribution >= 0.6 is 0 Å². The normalized spacial score (nSPS) is 9.89. The largest absolute Gasteiger partial charge is 0.192 e. The van der Waals surface area contributed by atoms with E-state index in [0.29, 0.717) is 22.5 Å². The monoisotopic (exact) mass is 232 g/mol. The Hall–Kier alpha value is -2.98. The van der Waals surface area contributed by atoms with Crippen molar-refractivity contribution in [2.75, 3.05) is 0 Å². The highest BCUT2D eigenvalue weighted by Gasteiger charge is 2.02. The van der Waals surface area contributed by atoms with E-state index in [0.717, 1.165) is 0 Å². The summed E-state index contributed by atoms with van der Waals surface area (Å²) in [5.74, 6) is 0. The summed E-state index contributed by atoms with van der Waals surface area (Å²) in [6, 6.07) is 18.0. The van der Waals surface area contributed by atoms with Crippen LogP contribution in [0.4, 0.5) is 11.4 Å². The molecule has 0 saturated heterocycles. The standard InChI is InChI=1S/C14H8N4/c15-9-11-6-7-14(12(8-11)10-16)18-17-13-4-2-1-3-5-13/h1-8H. The Morgan fingerprint density at radius 3 is 2.28 bits per heavy atom. The van der Waals surface area contributed by atoms with Crippen LogP contribution < -0.4 is 0 Å². The first-order chi connectivity index (χ1) is 8.83. The van der Waals surface area contributed by atoms with Crippen LogP contribution in [0.15, 0.2) is 58.8 Å². The van der Waals surface area contributed by atoms with E-state index in [-0.39, 0.29) is 0 Å². The van der Waals surface area contributed by atoms with Crippen molar-refractivity contribution in [3.63, 3.8) is 0 Å². The summed E-state index contributed by atoms with van der Waals surface area (Å²) in [6.45, 7) is 0. The average molecular weight is 232 g/mol. The van der Waals surface area contributed by atoms with E-state index in [4.69, 9.17) is 10.5 Å². The van der Waals surface area contributed by atoms with Crippen molar-refractivity contribution in [1.82, 2.24) is 0 Å². The molecule has 0 atom stereocenters. The molecule has 2 rings (SSSR count). The van der Waals surface area contributed by atoms with Gasteiger partial charge in [0.15, 0.2) is 0 Å². The zero-order chi connectivity index (χ0) is 12.8. The minimum Gasteiger partial charge on any atom is -0.192 e. The third kappa shape index (κ3) is 2.58. The highest BCUT2D eigenvalue weighted by Crippen LogP contribution is 2.22. The molecular weight excluding hydrogens is 224 g/mol. The number of benzene rings is 2. The third-order valence-electron chi connectivity index (χ3n) is 2.28. The molecule has 0 aliphatic rings. The summed E-state index contributed by atoms with van der Waals surface area (Å²) in [5, 5.41) is 25.8. The lowest BCUT2D eigenvalue weighted by molar-refractivity contribution is 1.22. The first-order valence-corrected chi connectivity index (χ1v) is 5.24. The van der Waals surface area contributed by atoms with Crippen molar-refractivity contribution >= 4 is 11.4 Å². The van der Waals surface area contributed by atoms with Gasteiger partial charge in [0.2, 0.25) is 0 Å². The number of azo groups is 1. The molecule has 0 N–H and O–H groups in total. The summed E-state index contributed by atoms with van der Waals surface area (Å²) in [7, 11) is 0. The van der Waals surface area contributed by atoms with Crippen LogP contribution in [0.5, 0.6) is 0 Å². The minimum absolute atomic E-state index is 0.341. The molecule has 0 radical (unpaired) electrons. The maximum atomic E-state index is 8.97. The van der Waals surface area contributed by atoms with Gasteiger partial charge in [0, 0.05) is 0 Å². The molecule has 2 aromatic carbocycles. The Morgan fingerprint density at radius 1 is 0.833 bits per heavy atom. The lowest BCUT2D eigenvalue weighted by Crippen LogP contribution is -1.79. The van der Waals surface area contributed by atoms with Gasteiger partial charge in [-0.2, -0.15) is 15.6 Å². The number of nitrogens with zero attached hydrogens (tertiary/aromatic N) is 4. The first kappa shape index (κ1) is 11.5. The molecule has 0 saturated carbocycles. The maximum Gasteiger partial charge on any atom is 0.104 e. The van der Waals surface area contributed by atoms with E-state index in [9.17, 15) is 0 Å². The van der Waals surface area contributed by atoms with Gasteiger partial charge in [-0.05, 0) is 30.3 Å². The SMILES string of the molecule is N#Cc1ccc(N=Nc2ccccc2)c(C#N)c1. The highest BCUT2D eigenvalue weighted by atomic mass is 15.1. The zero-order valence-corrected chi connectivity index (χ0v) is 9.41. The van der Waals surface area contributed by atoms with Gasteiger partial charge in [-0.25, -0.2) is 0 Å². The second kappa shape index (κ2) is 5.38. The second-order valence-electron chi connectivity index (χ2n) is 3.49. The van der Waals surface area contributed by atoms with Gasteiger partial charge in [0.05, 0.1) is 22.9 Å². The molecule has 18 heavy (non-hydrogen) atoms. The molecule has 0 bridgehead atoms. The highest BCUT2D eigenvalue weighted by molar-refractivity contribution is 5.56. The topological polar surface area (TPSA) is 72.3 Å². The molecule has 4 nitrogen and oxygen atoms in total. The van der Waals surface area contributed by atoms with Gasteiger partial charge >= 0.3 is 0 Å². The van der Waals surface area contributed by atoms with Crippen molar-refractivity contribution in [3.8, 4) is 12.1 Å². The average Bonchev–Trinajstić information content (AvgIpc) is 2.46. The lowest BCUT2D eigenvalue weighted by atomic mass is 10.1. The van der Waals surface area contributed by atoms with Crippen molar-refractivity contribution in [1.29, 1.82) is 10.5 Å². The maximum absolute atomic E-state index is 8.97. The van der Waals surface area contributed by atoms with Crippen molar-refractivity contribution in [3.05, 3.63) is 59.7 Å². The van der Waals surface area contributed by atoms with E-state index < -0.39 is 0 Å². The van der Waals surface area contributed by atoms with Gasteiger partial charge in [-0.15, -0.1) is 5.11 Å². The summed E-state index contributed by atoms with van der Waals surface area (Å²) >= 11 is 0. The van der Waals surface area contributed by atoms with Gasteiger partial charge in [-0.1, -0.05) is 18.2 Å². The van der Waals surface area contributed by atoms with Crippen LogP contribution in [0, 0.1) is 22.7 Å². The van der Waals surface area contributed by atoms with Crippen LogP contribution in [0.2, 0.25) is 0 Å². The smallest absolute Gasteiger partial charge is 0.104 e. The van der Waals surface area contributed by atoms with Gasteiger partial charge in [-0.3, -0.25) is 0 Å². The van der Waals surface area contributed by atoms with Gasteiger partial charge in [0.1, 0.15) is 11.8 Å². The third-order valence-corrected chi connectivity index (χ3v) is 2.28. The molecule has 2 aromatic rings. The second-order valence-corrected chi connectivity index (χ2v) is 3.49. The first-order valence-electron chi connectivity index (χ1n) is 5.24. The fourth-order valence-electron chi connectivity index (χ4n) is 1.39. The molecule has 0 unspecified atom stereocenters. The summed E-state index contributed by atoms with van der Waals surface area (Å²) in [5.41, 5.74) is 1.95. The van der Waals surface area contributed by atoms with Crippen molar-refractivity contribution in [2.45, 2.75) is 0 Å². The molecular formula is C14H8N4. The summed E-state index contributed by atoms with van der Waals surface area (Å²) in [4.78, 5) is 0. The molecule has 0 fully saturated rings. The number of nitriles is 2. The molecule has 0 spiro atoms. The minimum atomic E-state index is 0.341. The van der Waals surface area contributed by atoms with Gasteiger partial charge in [0.25, 0.3) is 0 Å². The van der Waals surface area contributed by atoms with Crippen LogP contribution in [-0.2, 0) is 0 Å². The van der Waals surface area contributed by atoms with E-state index in [1.807, 2.05) is 42.5 Å². The van der Waals surface area contributed by atoms with Crippen LogP contribution in [0.3, 0.4) is 0 Å². The van der Waals surface area contributed by atoms with Crippen LogP contribution in [-0.4, -0.2) is 0 Å². The predicted octanol–water partition coefficient (Wildman–Crippen LogP) is 3.85. The summed E-state index contributed by atoms with van der Waals surface area (Å²) in [6.07, 6.45) is 0. The van der Waals surface area contributed by atoms with Crippen molar-refractivity contribution in [2.24, 2.45) is 10.2 Å². The molecule has 0 aliphatic heterocycles. The van der Waals surface area contributed by atoms with Gasteiger partial charge < -0.3 is 0 Å². The fourth-order valence-corrected chi connectivity index (χ4v) is 1.39. The van der Waals surface area contributed by atoms with E-state index in [1.54, 1.807) is 12.1 Å². The van der Waals surface area contributed by atoms with E-state index in [1.165, 1.54) is 6.07 Å². The molecule has 84 valence electrons. The Balaban J connectivity index is 2.33. The van der Waals surface area contributed by atoms with Crippen LogP contribution in [0.25, 0.3) is 0 Å². The Labute approximate surface area is 104 Å². The van der Waals surface area contributed by atoms with E-state index >= 15 is 0 Å². The Morgan fingerprint density at radius 2 is 1.61 bits per heavy atom. The molecule has 4 heteroatoms. The predicted molar refractivity (Wildman–Crippen MR) is 66.5 cm³/mol. The molecule has 0 heterocycles. The number of rotatable bonds is 2. The summed E-state index contributed by atoms with van der Waals surface area (Å²) < 4.78 is 0. The molecule has 0 aliphatic carbocycles. The molecule has 0 aromatic heterocycles.